The van der Waals surface area contributed by atoms with Gasteiger partial charge in [0.2, 0.25) is 12.0 Å². The van der Waals surface area contributed by atoms with Crippen molar-refractivity contribution in [2.45, 2.75) is 65.8 Å². The summed E-state index contributed by atoms with van der Waals surface area (Å²) in [6.45, 7) is 8.54. The second kappa shape index (κ2) is 8.70. The Bertz CT molecular complexity index is 524. The number of carbonyl (C=O) groups excluding carboxylic acids is 2. The second-order valence-corrected chi connectivity index (χ2v) is 7.28. The highest BCUT2D eigenvalue weighted by Gasteiger charge is 2.40. The SMILES string of the molecule is CCOC(=O)/C(OC)=C1\CC(=O)O[C@H]1O[C@@H]1C[C@H](C)CC[C@H]1C(C)C. The minimum absolute atomic E-state index is 0.00467. The van der Waals surface area contributed by atoms with Crippen molar-refractivity contribution >= 4 is 11.9 Å². The van der Waals surface area contributed by atoms with Gasteiger partial charge in [-0.2, -0.15) is 0 Å². The summed E-state index contributed by atoms with van der Waals surface area (Å²) in [5.41, 5.74) is 0.423. The van der Waals surface area contributed by atoms with Crippen molar-refractivity contribution in [1.29, 1.82) is 0 Å². The fourth-order valence-electron chi connectivity index (χ4n) is 3.74. The van der Waals surface area contributed by atoms with Crippen LogP contribution in [0.5, 0.6) is 0 Å². The van der Waals surface area contributed by atoms with Gasteiger partial charge in [-0.1, -0.05) is 27.2 Å². The Morgan fingerprint density at radius 3 is 2.64 bits per heavy atom. The Kier molecular flexibility index (Phi) is 6.87. The van der Waals surface area contributed by atoms with Crippen molar-refractivity contribution < 1.29 is 28.5 Å². The highest BCUT2D eigenvalue weighted by Crippen LogP contribution is 2.38. The van der Waals surface area contributed by atoms with Crippen LogP contribution in [0.1, 0.15) is 53.4 Å². The lowest BCUT2D eigenvalue weighted by molar-refractivity contribution is -0.179. The third-order valence-electron chi connectivity index (χ3n) is 5.07. The lowest BCUT2D eigenvalue weighted by Crippen LogP contribution is -2.37. The zero-order valence-corrected chi connectivity index (χ0v) is 15.9. The first-order valence-electron chi connectivity index (χ1n) is 9.16. The molecule has 6 heteroatoms. The lowest BCUT2D eigenvalue weighted by atomic mass is 9.75. The lowest BCUT2D eigenvalue weighted by Gasteiger charge is -2.38. The van der Waals surface area contributed by atoms with Crippen LogP contribution >= 0.6 is 0 Å². The Morgan fingerprint density at radius 1 is 1.32 bits per heavy atom. The van der Waals surface area contributed by atoms with Gasteiger partial charge in [-0.05, 0) is 37.5 Å². The molecule has 0 aromatic carbocycles. The molecule has 0 bridgehead atoms. The summed E-state index contributed by atoms with van der Waals surface area (Å²) in [7, 11) is 1.39. The topological polar surface area (TPSA) is 71.1 Å². The summed E-state index contributed by atoms with van der Waals surface area (Å²) in [6, 6.07) is 0. The van der Waals surface area contributed by atoms with E-state index < -0.39 is 18.2 Å². The molecule has 2 fully saturated rings. The standard InChI is InChI=1S/C19H30O6/c1-6-23-18(21)17(22-5)14-10-16(20)25-19(14)24-15-9-12(4)7-8-13(15)11(2)3/h11-13,15,19H,6-10H2,1-5H3/b17-14-/t12-,13+,15-,19-/m1/s1. The van der Waals surface area contributed by atoms with E-state index in [0.717, 1.165) is 12.8 Å². The van der Waals surface area contributed by atoms with Gasteiger partial charge in [0, 0.05) is 0 Å². The number of cyclic esters (lactones) is 1. The van der Waals surface area contributed by atoms with Crippen LogP contribution in [-0.2, 0) is 28.5 Å². The normalized spacial score (nSPS) is 31.7. The summed E-state index contributed by atoms with van der Waals surface area (Å²) in [4.78, 5) is 23.9. The van der Waals surface area contributed by atoms with E-state index in [2.05, 4.69) is 20.8 Å². The largest absolute Gasteiger partial charge is 0.490 e. The molecule has 0 N–H and O–H groups in total. The van der Waals surface area contributed by atoms with Crippen LogP contribution in [0.2, 0.25) is 0 Å². The number of hydrogen-bond donors (Lipinski definition) is 0. The van der Waals surface area contributed by atoms with Gasteiger partial charge >= 0.3 is 11.9 Å². The number of carbonyl (C=O) groups is 2. The highest BCUT2D eigenvalue weighted by molar-refractivity contribution is 5.89. The first-order chi connectivity index (χ1) is 11.9. The quantitative estimate of drug-likeness (QED) is 0.414. The Balaban J connectivity index is 2.22. The molecule has 0 unspecified atom stereocenters. The van der Waals surface area contributed by atoms with Crippen LogP contribution in [0.25, 0.3) is 0 Å². The number of methoxy groups -OCH3 is 1. The van der Waals surface area contributed by atoms with E-state index in [-0.39, 0.29) is 24.9 Å². The molecule has 1 aliphatic heterocycles. The summed E-state index contributed by atoms with van der Waals surface area (Å²) in [5.74, 6) is 0.464. The van der Waals surface area contributed by atoms with Gasteiger partial charge in [-0.3, -0.25) is 4.79 Å². The van der Waals surface area contributed by atoms with Crippen molar-refractivity contribution in [3.05, 3.63) is 11.3 Å². The van der Waals surface area contributed by atoms with Crippen molar-refractivity contribution in [1.82, 2.24) is 0 Å². The Labute approximate surface area is 149 Å². The van der Waals surface area contributed by atoms with E-state index in [9.17, 15) is 9.59 Å². The van der Waals surface area contributed by atoms with Crippen LogP contribution in [0.3, 0.4) is 0 Å². The number of hydrogen-bond acceptors (Lipinski definition) is 6. The molecule has 0 aromatic heterocycles. The fraction of sp³-hybridized carbons (Fsp3) is 0.789. The van der Waals surface area contributed by atoms with Crippen LogP contribution < -0.4 is 0 Å². The maximum absolute atomic E-state index is 12.1. The molecule has 1 aliphatic carbocycles. The molecule has 4 atom stereocenters. The average Bonchev–Trinajstić information content (AvgIpc) is 2.88. The molecule has 142 valence electrons. The third-order valence-corrected chi connectivity index (χ3v) is 5.07. The minimum Gasteiger partial charge on any atom is -0.490 e. The molecular formula is C19H30O6. The third kappa shape index (κ3) is 4.75. The molecule has 0 amide bonds. The highest BCUT2D eigenvalue weighted by atomic mass is 16.7. The second-order valence-electron chi connectivity index (χ2n) is 7.28. The summed E-state index contributed by atoms with van der Waals surface area (Å²) >= 11 is 0. The van der Waals surface area contributed by atoms with E-state index in [1.165, 1.54) is 13.5 Å². The smallest absolute Gasteiger partial charge is 0.373 e. The fourth-order valence-corrected chi connectivity index (χ4v) is 3.74. The van der Waals surface area contributed by atoms with Gasteiger partial charge in [0.15, 0.2) is 0 Å². The van der Waals surface area contributed by atoms with Crippen molar-refractivity contribution in [3.8, 4) is 0 Å². The van der Waals surface area contributed by atoms with Gasteiger partial charge in [-0.15, -0.1) is 0 Å². The molecule has 1 saturated carbocycles. The molecule has 2 rings (SSSR count). The monoisotopic (exact) mass is 354 g/mol. The molecule has 0 radical (unpaired) electrons. The zero-order valence-electron chi connectivity index (χ0n) is 15.9. The molecule has 0 spiro atoms. The predicted molar refractivity (Wildman–Crippen MR) is 91.4 cm³/mol. The summed E-state index contributed by atoms with van der Waals surface area (Å²) in [6.07, 6.45) is 2.31. The molecule has 6 nitrogen and oxygen atoms in total. The Morgan fingerprint density at radius 2 is 2.04 bits per heavy atom. The molecular weight excluding hydrogens is 324 g/mol. The first-order valence-corrected chi connectivity index (χ1v) is 9.16. The van der Waals surface area contributed by atoms with Crippen molar-refractivity contribution in [2.24, 2.45) is 17.8 Å². The average molecular weight is 354 g/mol. The summed E-state index contributed by atoms with van der Waals surface area (Å²) < 4.78 is 21.8. The van der Waals surface area contributed by atoms with E-state index in [4.69, 9.17) is 18.9 Å². The van der Waals surface area contributed by atoms with Gasteiger partial charge in [0.05, 0.1) is 31.8 Å². The molecule has 0 aromatic rings. The van der Waals surface area contributed by atoms with Crippen molar-refractivity contribution in [2.75, 3.05) is 13.7 Å². The first kappa shape index (κ1) is 19.8. The van der Waals surface area contributed by atoms with Gasteiger partial charge in [-0.25, -0.2) is 4.79 Å². The minimum atomic E-state index is -0.872. The molecule has 1 saturated heterocycles. The number of ether oxygens (including phenoxy) is 4. The van der Waals surface area contributed by atoms with Gasteiger partial charge in [0.25, 0.3) is 0 Å². The summed E-state index contributed by atoms with van der Waals surface area (Å²) in [5, 5.41) is 0. The molecule has 25 heavy (non-hydrogen) atoms. The zero-order chi connectivity index (χ0) is 18.6. The molecule has 2 aliphatic rings. The van der Waals surface area contributed by atoms with E-state index >= 15 is 0 Å². The van der Waals surface area contributed by atoms with Crippen LogP contribution in [0, 0.1) is 17.8 Å². The van der Waals surface area contributed by atoms with Gasteiger partial charge in [0.1, 0.15) is 0 Å². The Hall–Kier alpha value is -1.56. The van der Waals surface area contributed by atoms with Crippen LogP contribution in [-0.4, -0.2) is 38.0 Å². The van der Waals surface area contributed by atoms with E-state index in [0.29, 0.717) is 23.3 Å². The van der Waals surface area contributed by atoms with E-state index in [1.807, 2.05) is 0 Å². The number of rotatable bonds is 6. The van der Waals surface area contributed by atoms with Crippen LogP contribution in [0.4, 0.5) is 0 Å². The predicted octanol–water partition coefficient (Wildman–Crippen LogP) is 3.20. The number of esters is 2. The van der Waals surface area contributed by atoms with Crippen LogP contribution in [0.15, 0.2) is 11.3 Å². The molecule has 1 heterocycles. The van der Waals surface area contributed by atoms with Gasteiger partial charge < -0.3 is 18.9 Å². The maximum Gasteiger partial charge on any atom is 0.373 e. The maximum atomic E-state index is 12.1. The van der Waals surface area contributed by atoms with Crippen molar-refractivity contribution in [3.63, 3.8) is 0 Å². The van der Waals surface area contributed by atoms with E-state index in [1.54, 1.807) is 6.92 Å².